The van der Waals surface area contributed by atoms with Crippen LogP contribution in [0.2, 0.25) is 0 Å². The van der Waals surface area contributed by atoms with Gasteiger partial charge in [-0.2, -0.15) is 13.2 Å². The van der Waals surface area contributed by atoms with Gasteiger partial charge in [-0.15, -0.1) is 10.2 Å². The van der Waals surface area contributed by atoms with Crippen molar-refractivity contribution in [1.29, 1.82) is 0 Å². The molecule has 11 heteroatoms. The van der Waals surface area contributed by atoms with Crippen LogP contribution in [0.15, 0.2) is 47.6 Å². The molecule has 38 heavy (non-hydrogen) atoms. The second kappa shape index (κ2) is 10.3. The molecule has 3 heterocycles. The molecule has 3 aromatic rings. The molecule has 1 saturated heterocycles. The van der Waals surface area contributed by atoms with E-state index in [2.05, 4.69) is 20.1 Å². The number of carbonyl (C=O) groups excluding carboxylic acids is 1. The Balaban J connectivity index is 1.10. The molecular weight excluding hydrogens is 513 g/mol. The lowest BCUT2D eigenvalue weighted by Gasteiger charge is -2.16. The Hall–Kier alpha value is -2.92. The third-order valence-corrected chi connectivity index (χ3v) is 8.69. The first kappa shape index (κ1) is 26.7. The van der Waals surface area contributed by atoms with E-state index in [9.17, 15) is 18.0 Å². The van der Waals surface area contributed by atoms with Gasteiger partial charge >= 0.3 is 6.18 Å². The van der Waals surface area contributed by atoms with Crippen LogP contribution >= 0.6 is 11.8 Å². The average Bonchev–Trinajstić information content (AvgIpc) is 3.23. The van der Waals surface area contributed by atoms with E-state index < -0.39 is 11.7 Å². The molecule has 0 unspecified atom stereocenters. The number of amides is 1. The van der Waals surface area contributed by atoms with E-state index in [4.69, 9.17) is 0 Å². The highest BCUT2D eigenvalue weighted by Gasteiger charge is 2.57. The predicted octanol–water partition coefficient (Wildman–Crippen LogP) is 4.96. The molecule has 1 aliphatic heterocycles. The van der Waals surface area contributed by atoms with Crippen molar-refractivity contribution in [3.8, 4) is 11.5 Å². The summed E-state index contributed by atoms with van der Waals surface area (Å²) in [6.07, 6.45) is -1.14. The van der Waals surface area contributed by atoms with Gasteiger partial charge in [-0.3, -0.25) is 4.79 Å². The van der Waals surface area contributed by atoms with Crippen molar-refractivity contribution < 1.29 is 18.0 Å². The molecule has 7 nitrogen and oxygen atoms in total. The first-order valence-corrected chi connectivity index (χ1v) is 13.7. The second-order valence-corrected chi connectivity index (χ2v) is 11.5. The van der Waals surface area contributed by atoms with Gasteiger partial charge in [0.1, 0.15) is 11.4 Å². The average molecular weight is 545 g/mol. The number of likely N-dealkylation sites (tertiary alicyclic amines) is 1. The number of rotatable bonds is 8. The van der Waals surface area contributed by atoms with E-state index in [1.165, 1.54) is 17.0 Å². The van der Waals surface area contributed by atoms with Gasteiger partial charge in [0.25, 0.3) is 5.91 Å². The third kappa shape index (κ3) is 5.44. The van der Waals surface area contributed by atoms with Gasteiger partial charge in [-0.1, -0.05) is 30.0 Å². The Morgan fingerprint density at radius 2 is 1.92 bits per heavy atom. The molecule has 0 bridgehead atoms. The topological polar surface area (TPSA) is 67.2 Å². The van der Waals surface area contributed by atoms with Crippen molar-refractivity contribution in [3.63, 3.8) is 0 Å². The molecule has 1 saturated carbocycles. The summed E-state index contributed by atoms with van der Waals surface area (Å²) in [5, 5.41) is 9.43. The fourth-order valence-corrected chi connectivity index (χ4v) is 6.21. The molecule has 0 radical (unpaired) electrons. The number of nitrogens with zero attached hydrogens (tertiary/aromatic N) is 6. The zero-order valence-electron chi connectivity index (χ0n) is 21.7. The predicted molar refractivity (Wildman–Crippen MR) is 140 cm³/mol. The molecule has 0 N–H and O–H groups in total. The molecule has 1 aliphatic carbocycles. The Bertz CT molecular complexity index is 1310. The summed E-state index contributed by atoms with van der Waals surface area (Å²) >= 11 is 1.65. The third-order valence-electron chi connectivity index (χ3n) is 7.58. The largest absolute Gasteiger partial charge is 0.416 e. The maximum atomic E-state index is 12.9. The van der Waals surface area contributed by atoms with Crippen LogP contribution < -0.4 is 0 Å². The maximum absolute atomic E-state index is 12.9. The Kier molecular flexibility index (Phi) is 7.25. The quantitative estimate of drug-likeness (QED) is 0.295. The number of halogens is 3. The van der Waals surface area contributed by atoms with Crippen molar-refractivity contribution >= 4 is 17.7 Å². The van der Waals surface area contributed by atoms with Crippen molar-refractivity contribution in [1.82, 2.24) is 29.5 Å². The molecule has 1 aromatic carbocycles. The molecule has 2 fully saturated rings. The number of thioether (sulfide) groups is 1. The number of pyridine rings is 1. The molecule has 2 aliphatic rings. The van der Waals surface area contributed by atoms with E-state index in [1.54, 1.807) is 50.1 Å². The fourth-order valence-electron chi connectivity index (χ4n) is 5.37. The van der Waals surface area contributed by atoms with Crippen LogP contribution in [0.1, 0.15) is 46.8 Å². The zero-order chi connectivity index (χ0) is 27.1. The van der Waals surface area contributed by atoms with E-state index in [-0.39, 0.29) is 11.3 Å². The van der Waals surface area contributed by atoms with Crippen LogP contribution in [0.25, 0.3) is 11.5 Å². The second-order valence-electron chi connectivity index (χ2n) is 10.4. The number of alkyl halides is 3. The smallest absolute Gasteiger partial charge is 0.343 e. The molecule has 5 rings (SSSR count). The molecule has 2 atom stereocenters. The van der Waals surface area contributed by atoms with Crippen LogP contribution in [-0.2, 0) is 13.2 Å². The van der Waals surface area contributed by atoms with E-state index >= 15 is 0 Å². The van der Waals surface area contributed by atoms with E-state index in [1.807, 2.05) is 17.7 Å². The molecule has 1 amide bonds. The lowest BCUT2D eigenvalue weighted by Crippen LogP contribution is -2.23. The first-order chi connectivity index (χ1) is 18.1. The van der Waals surface area contributed by atoms with Gasteiger partial charge in [0.15, 0.2) is 11.0 Å². The lowest BCUT2D eigenvalue weighted by molar-refractivity contribution is -0.137. The monoisotopic (exact) mass is 544 g/mol. The summed E-state index contributed by atoms with van der Waals surface area (Å²) in [7, 11) is 5.29. The fraction of sp³-hybridized carbons (Fsp3) is 0.481. The Morgan fingerprint density at radius 1 is 1.16 bits per heavy atom. The van der Waals surface area contributed by atoms with Gasteiger partial charge in [0.2, 0.25) is 0 Å². The van der Waals surface area contributed by atoms with Gasteiger partial charge < -0.3 is 14.4 Å². The van der Waals surface area contributed by atoms with Crippen molar-refractivity contribution in [3.05, 3.63) is 59.3 Å². The van der Waals surface area contributed by atoms with Crippen LogP contribution in [-0.4, -0.2) is 74.9 Å². The summed E-state index contributed by atoms with van der Waals surface area (Å²) in [6.45, 7) is 3.02. The van der Waals surface area contributed by atoms with Crippen LogP contribution in [0, 0.1) is 5.41 Å². The number of hydrogen-bond donors (Lipinski definition) is 0. The molecule has 202 valence electrons. The minimum Gasteiger partial charge on any atom is -0.343 e. The first-order valence-electron chi connectivity index (χ1n) is 12.7. The van der Waals surface area contributed by atoms with Gasteiger partial charge in [0, 0.05) is 33.4 Å². The number of hydrogen-bond acceptors (Lipinski definition) is 6. The van der Waals surface area contributed by atoms with Crippen LogP contribution in [0.3, 0.4) is 0 Å². The summed E-state index contributed by atoms with van der Waals surface area (Å²) < 4.78 is 40.5. The van der Waals surface area contributed by atoms with Gasteiger partial charge in [-0.25, -0.2) is 4.98 Å². The molecule has 2 aromatic heterocycles. The summed E-state index contributed by atoms with van der Waals surface area (Å²) in [5.74, 6) is 1.71. The number of carbonyl (C=O) groups is 1. The normalized spacial score (nSPS) is 21.3. The SMILES string of the molecule is CN(C)C(=O)c1cccc(-c2nnc(SCCCN3CC[C@]4(C[C@@H]4c4ccc(C(F)(F)F)cc4)C3)n2C)n1. The Morgan fingerprint density at radius 3 is 2.63 bits per heavy atom. The Labute approximate surface area is 224 Å². The van der Waals surface area contributed by atoms with Crippen molar-refractivity contribution in [2.75, 3.05) is 39.5 Å². The van der Waals surface area contributed by atoms with Crippen LogP contribution in [0.5, 0.6) is 0 Å². The highest BCUT2D eigenvalue weighted by molar-refractivity contribution is 7.99. The van der Waals surface area contributed by atoms with Crippen LogP contribution in [0.4, 0.5) is 13.2 Å². The van der Waals surface area contributed by atoms with Crippen molar-refractivity contribution in [2.45, 2.75) is 36.5 Å². The van der Waals surface area contributed by atoms with Crippen molar-refractivity contribution in [2.24, 2.45) is 12.5 Å². The molecule has 1 spiro atoms. The minimum atomic E-state index is -4.29. The van der Waals surface area contributed by atoms with E-state index in [0.717, 1.165) is 55.4 Å². The summed E-state index contributed by atoms with van der Waals surface area (Å²) in [4.78, 5) is 20.7. The molecular formula is C27H31F3N6OS. The van der Waals surface area contributed by atoms with Gasteiger partial charge in [0.05, 0.1) is 5.56 Å². The number of aromatic nitrogens is 4. The summed E-state index contributed by atoms with van der Waals surface area (Å²) in [5.41, 5.74) is 1.64. The highest BCUT2D eigenvalue weighted by atomic mass is 32.2. The maximum Gasteiger partial charge on any atom is 0.416 e. The zero-order valence-corrected chi connectivity index (χ0v) is 22.5. The van der Waals surface area contributed by atoms with Gasteiger partial charge in [-0.05, 0) is 73.5 Å². The number of benzene rings is 1. The lowest BCUT2D eigenvalue weighted by atomic mass is 9.97. The van der Waals surface area contributed by atoms with E-state index in [0.29, 0.717) is 23.1 Å². The highest BCUT2D eigenvalue weighted by Crippen LogP contribution is 2.64. The minimum absolute atomic E-state index is 0.163. The standard InChI is InChI=1S/C27H31F3N6OS/c1-34(2)24(37)22-7-4-6-21(31-22)23-32-33-25(35(23)3)38-15-5-13-36-14-12-26(17-36)16-20(26)18-8-10-19(11-9-18)27(28,29)30/h4,6-11,20H,5,12-17H2,1-3H3/t20-,26+/m1/s1. The summed E-state index contributed by atoms with van der Waals surface area (Å²) in [6, 6.07) is 11.0.